The molecule has 2 rings (SSSR count). The monoisotopic (exact) mass is 225 g/mol. The van der Waals surface area contributed by atoms with E-state index in [4.69, 9.17) is 0 Å². The van der Waals surface area contributed by atoms with Gasteiger partial charge in [-0.15, -0.1) is 0 Å². The Kier molecular flexibility index (Phi) is 3.25. The Bertz CT molecular complexity index is 533. The zero-order valence-corrected chi connectivity index (χ0v) is 8.91. The number of aromatic carboxylic acids is 1. The Labute approximate surface area is 98.3 Å². The third-order valence-electron chi connectivity index (χ3n) is 2.15. The first-order valence-electron chi connectivity index (χ1n) is 5.01. The smallest absolute Gasteiger partial charge is 0.0715 e. The molecule has 0 unspecified atom stereocenters. The summed E-state index contributed by atoms with van der Waals surface area (Å²) in [6.45, 7) is 0. The summed E-state index contributed by atoms with van der Waals surface area (Å²) in [5.41, 5.74) is 1.71. The highest BCUT2D eigenvalue weighted by Gasteiger charge is 1.93. The molecular weight excluding hydrogens is 216 g/mol. The summed E-state index contributed by atoms with van der Waals surface area (Å²) in [5, 5.41) is 10.5. The van der Waals surface area contributed by atoms with Crippen molar-refractivity contribution >= 4 is 17.9 Å². The fraction of sp³-hybridized carbons (Fsp3) is 0. The van der Waals surface area contributed by atoms with Crippen molar-refractivity contribution < 1.29 is 9.90 Å². The minimum Gasteiger partial charge on any atom is -0.545 e. The molecule has 2 aromatic rings. The largest absolute Gasteiger partial charge is 0.545 e. The van der Waals surface area contributed by atoms with Gasteiger partial charge in [0.15, 0.2) is 0 Å². The van der Waals surface area contributed by atoms with Gasteiger partial charge in [-0.25, -0.2) is 0 Å². The first kappa shape index (κ1) is 11.0. The van der Waals surface area contributed by atoms with E-state index in [0.717, 1.165) is 5.56 Å². The minimum atomic E-state index is -1.19. The number of carbonyl (C=O) groups excluding carboxylic acids is 1. The molecule has 0 atom stereocenters. The second kappa shape index (κ2) is 5.03. The second-order valence-corrected chi connectivity index (χ2v) is 3.38. The number of hydrogen-bond donors (Lipinski definition) is 0. The summed E-state index contributed by atoms with van der Waals surface area (Å²) in [5.74, 6) is -1.19. The van der Waals surface area contributed by atoms with Crippen LogP contribution in [0.2, 0.25) is 0 Å². The van der Waals surface area contributed by atoms with E-state index in [1.165, 1.54) is 12.1 Å². The average Bonchev–Trinajstić information content (AvgIpc) is 2.38. The van der Waals surface area contributed by atoms with Crippen molar-refractivity contribution in [3.05, 3.63) is 59.9 Å². The van der Waals surface area contributed by atoms with Crippen LogP contribution in [0.15, 0.2) is 53.8 Å². The molecule has 0 fully saturated rings. The molecule has 17 heavy (non-hydrogen) atoms. The molecule has 0 aliphatic carbocycles. The number of pyridine rings is 1. The van der Waals surface area contributed by atoms with Crippen LogP contribution in [0, 0.1) is 0 Å². The topological polar surface area (TPSA) is 65.4 Å². The van der Waals surface area contributed by atoms with Crippen molar-refractivity contribution in [2.75, 3.05) is 0 Å². The van der Waals surface area contributed by atoms with Crippen LogP contribution in [0.4, 0.5) is 5.69 Å². The van der Waals surface area contributed by atoms with E-state index in [1.807, 2.05) is 12.1 Å². The third kappa shape index (κ3) is 2.98. The molecule has 4 heteroatoms. The molecule has 84 valence electrons. The van der Waals surface area contributed by atoms with Crippen LogP contribution in [-0.4, -0.2) is 17.2 Å². The third-order valence-corrected chi connectivity index (χ3v) is 2.15. The van der Waals surface area contributed by atoms with Crippen molar-refractivity contribution in [1.82, 2.24) is 4.98 Å². The quantitative estimate of drug-likeness (QED) is 0.737. The van der Waals surface area contributed by atoms with Gasteiger partial charge in [-0.05, 0) is 23.8 Å². The van der Waals surface area contributed by atoms with Gasteiger partial charge >= 0.3 is 0 Å². The predicted octanol–water partition coefficient (Wildman–Crippen LogP) is 1.20. The highest BCUT2D eigenvalue weighted by Crippen LogP contribution is 2.12. The van der Waals surface area contributed by atoms with Crippen LogP contribution in [0.5, 0.6) is 0 Å². The van der Waals surface area contributed by atoms with E-state index >= 15 is 0 Å². The normalized spacial score (nSPS) is 10.6. The fourth-order valence-electron chi connectivity index (χ4n) is 1.28. The second-order valence-electron chi connectivity index (χ2n) is 3.38. The minimum absolute atomic E-state index is 0.144. The maximum Gasteiger partial charge on any atom is 0.0715 e. The van der Waals surface area contributed by atoms with E-state index in [0.29, 0.717) is 5.69 Å². The molecule has 1 aromatic heterocycles. The molecular formula is C13H9N2O2-. The SMILES string of the molecule is O=C([O-])c1ccc(N=Cc2cccnc2)cc1. The molecule has 0 N–H and O–H groups in total. The molecule has 0 radical (unpaired) electrons. The summed E-state index contributed by atoms with van der Waals surface area (Å²) >= 11 is 0. The lowest BCUT2D eigenvalue weighted by Crippen LogP contribution is -2.21. The van der Waals surface area contributed by atoms with Gasteiger partial charge in [-0.1, -0.05) is 18.2 Å². The first-order chi connectivity index (χ1) is 8.25. The van der Waals surface area contributed by atoms with E-state index < -0.39 is 5.97 Å². The van der Waals surface area contributed by atoms with E-state index in [9.17, 15) is 9.90 Å². The highest BCUT2D eigenvalue weighted by molar-refractivity contribution is 5.86. The fourth-order valence-corrected chi connectivity index (χ4v) is 1.28. The molecule has 0 saturated carbocycles. The van der Waals surface area contributed by atoms with Crippen LogP contribution >= 0.6 is 0 Å². The lowest BCUT2D eigenvalue weighted by atomic mass is 10.2. The van der Waals surface area contributed by atoms with Crippen molar-refractivity contribution in [2.45, 2.75) is 0 Å². The van der Waals surface area contributed by atoms with Gasteiger partial charge in [0.05, 0.1) is 11.7 Å². The number of benzene rings is 1. The zero-order valence-electron chi connectivity index (χ0n) is 8.91. The summed E-state index contributed by atoms with van der Waals surface area (Å²) in [4.78, 5) is 18.7. The molecule has 0 amide bonds. The van der Waals surface area contributed by atoms with Gasteiger partial charge in [0.25, 0.3) is 0 Å². The van der Waals surface area contributed by atoms with Crippen LogP contribution in [0.25, 0.3) is 0 Å². The molecule has 1 aromatic carbocycles. The van der Waals surface area contributed by atoms with Gasteiger partial charge in [0.1, 0.15) is 0 Å². The van der Waals surface area contributed by atoms with E-state index in [1.54, 1.807) is 30.7 Å². The Morgan fingerprint density at radius 3 is 2.59 bits per heavy atom. The van der Waals surface area contributed by atoms with E-state index in [-0.39, 0.29) is 5.56 Å². The molecule has 0 bridgehead atoms. The average molecular weight is 225 g/mol. The Hall–Kier alpha value is -2.49. The standard InChI is InChI=1S/C13H10N2O2/c16-13(17)11-3-5-12(6-4-11)15-9-10-2-1-7-14-8-10/h1-9H,(H,16,17)/p-1. The van der Waals surface area contributed by atoms with Crippen LogP contribution < -0.4 is 5.11 Å². The maximum absolute atomic E-state index is 10.5. The number of carbonyl (C=O) groups is 1. The Morgan fingerprint density at radius 2 is 2.00 bits per heavy atom. The van der Waals surface area contributed by atoms with Crippen molar-refractivity contribution in [2.24, 2.45) is 4.99 Å². The van der Waals surface area contributed by atoms with Crippen LogP contribution in [0.1, 0.15) is 15.9 Å². The van der Waals surface area contributed by atoms with E-state index in [2.05, 4.69) is 9.98 Å². The number of hydrogen-bond acceptors (Lipinski definition) is 4. The van der Waals surface area contributed by atoms with Gasteiger partial charge < -0.3 is 9.90 Å². The predicted molar refractivity (Wildman–Crippen MR) is 62.3 cm³/mol. The first-order valence-corrected chi connectivity index (χ1v) is 5.01. The molecule has 0 aliphatic rings. The number of aliphatic imine (C=N–C) groups is 1. The van der Waals surface area contributed by atoms with Gasteiger partial charge in [-0.3, -0.25) is 9.98 Å². The van der Waals surface area contributed by atoms with Crippen molar-refractivity contribution in [3.8, 4) is 0 Å². The Balaban J connectivity index is 2.14. The molecule has 0 aliphatic heterocycles. The van der Waals surface area contributed by atoms with Gasteiger partial charge in [0, 0.05) is 24.2 Å². The molecule has 1 heterocycles. The maximum atomic E-state index is 10.5. The lowest BCUT2D eigenvalue weighted by Gasteiger charge is -2.01. The molecule has 0 spiro atoms. The van der Waals surface area contributed by atoms with Crippen LogP contribution in [-0.2, 0) is 0 Å². The summed E-state index contributed by atoms with van der Waals surface area (Å²) in [6.07, 6.45) is 5.05. The molecule has 4 nitrogen and oxygen atoms in total. The number of carboxylic acid groups (broad SMARTS) is 1. The summed E-state index contributed by atoms with van der Waals surface area (Å²) in [7, 11) is 0. The molecule has 0 saturated heterocycles. The number of nitrogens with zero attached hydrogens (tertiary/aromatic N) is 2. The number of carboxylic acids is 1. The number of aromatic nitrogens is 1. The zero-order chi connectivity index (χ0) is 12.1. The lowest BCUT2D eigenvalue weighted by molar-refractivity contribution is -0.255. The summed E-state index contributed by atoms with van der Waals surface area (Å²) < 4.78 is 0. The summed E-state index contributed by atoms with van der Waals surface area (Å²) in [6, 6.07) is 9.87. The Morgan fingerprint density at radius 1 is 1.24 bits per heavy atom. The van der Waals surface area contributed by atoms with Crippen molar-refractivity contribution in [3.63, 3.8) is 0 Å². The van der Waals surface area contributed by atoms with Crippen LogP contribution in [0.3, 0.4) is 0 Å². The van der Waals surface area contributed by atoms with Crippen molar-refractivity contribution in [1.29, 1.82) is 0 Å². The number of rotatable bonds is 3. The highest BCUT2D eigenvalue weighted by atomic mass is 16.4. The van der Waals surface area contributed by atoms with Gasteiger partial charge in [-0.2, -0.15) is 0 Å². The van der Waals surface area contributed by atoms with Gasteiger partial charge in [0.2, 0.25) is 0 Å².